The molecule has 2 aromatic rings. The number of hydrogen-bond donors (Lipinski definition) is 2. The average Bonchev–Trinajstić information content (AvgIpc) is 2.61. The summed E-state index contributed by atoms with van der Waals surface area (Å²) in [4.78, 5) is 12.0. The minimum atomic E-state index is -0.560. The third-order valence-electron chi connectivity index (χ3n) is 3.58. The van der Waals surface area contributed by atoms with E-state index in [1.54, 1.807) is 6.08 Å². The monoisotopic (exact) mass is 311 g/mol. The lowest BCUT2D eigenvalue weighted by Gasteiger charge is -2.24. The predicted molar refractivity (Wildman–Crippen MR) is 90.0 cm³/mol. The molecule has 0 aliphatic carbocycles. The number of nitrogens with one attached hydrogen (secondary N) is 1. The van der Waals surface area contributed by atoms with Gasteiger partial charge in [-0.25, -0.2) is 4.79 Å². The number of carbonyl (C=O) groups is 1. The van der Waals surface area contributed by atoms with E-state index in [9.17, 15) is 9.90 Å². The number of hydrogen-bond acceptors (Lipinski definition) is 3. The Hall–Kier alpha value is -2.59. The topological polar surface area (TPSA) is 58.6 Å². The van der Waals surface area contributed by atoms with Crippen molar-refractivity contribution in [3.05, 3.63) is 84.4 Å². The molecular formula is C19H21NO3. The molecule has 4 heteroatoms. The average molecular weight is 311 g/mol. The second-order valence-electron chi connectivity index (χ2n) is 5.17. The third kappa shape index (κ3) is 4.97. The molecule has 0 spiro atoms. The molecule has 1 amide bonds. The fraction of sp³-hybridized carbons (Fsp3) is 0.211. The Bertz CT molecular complexity index is 613. The number of carbonyl (C=O) groups excluding carboxylic acids is 1. The van der Waals surface area contributed by atoms with Crippen LogP contribution in [0.3, 0.4) is 0 Å². The number of rotatable bonds is 7. The number of aliphatic hydroxyl groups is 1. The number of alkyl carbamates (subject to hydrolysis) is 1. The zero-order valence-electron chi connectivity index (χ0n) is 12.9. The van der Waals surface area contributed by atoms with Crippen molar-refractivity contribution < 1.29 is 14.6 Å². The first-order valence-corrected chi connectivity index (χ1v) is 7.50. The van der Waals surface area contributed by atoms with Gasteiger partial charge in [0.1, 0.15) is 6.61 Å². The Morgan fingerprint density at radius 1 is 1.13 bits per heavy atom. The fourth-order valence-electron chi connectivity index (χ4n) is 2.37. The molecule has 2 aromatic carbocycles. The molecule has 0 saturated heterocycles. The Balaban J connectivity index is 1.95. The van der Waals surface area contributed by atoms with E-state index >= 15 is 0 Å². The van der Waals surface area contributed by atoms with Crippen LogP contribution in [0.2, 0.25) is 0 Å². The van der Waals surface area contributed by atoms with Gasteiger partial charge in [0.2, 0.25) is 0 Å². The fourth-order valence-corrected chi connectivity index (χ4v) is 2.37. The van der Waals surface area contributed by atoms with Crippen molar-refractivity contribution in [1.29, 1.82) is 0 Å². The van der Waals surface area contributed by atoms with Gasteiger partial charge in [0.15, 0.2) is 0 Å². The second kappa shape index (κ2) is 8.76. The van der Waals surface area contributed by atoms with Crippen LogP contribution in [-0.2, 0) is 11.3 Å². The van der Waals surface area contributed by atoms with Crippen LogP contribution in [-0.4, -0.2) is 23.8 Å². The highest BCUT2D eigenvalue weighted by molar-refractivity contribution is 5.68. The predicted octanol–water partition coefficient (Wildman–Crippen LogP) is 3.24. The standard InChI is InChI=1S/C19H21NO3/c1-2-17(16-11-7-4-8-12-16)18(13-21)20-19(22)23-14-15-9-5-3-6-10-15/h2-12,17-18,21H,1,13-14H2,(H,20,22)/t17-,18-/m1/s1. The lowest BCUT2D eigenvalue weighted by atomic mass is 9.92. The molecule has 2 rings (SSSR count). The summed E-state index contributed by atoms with van der Waals surface area (Å²) >= 11 is 0. The van der Waals surface area contributed by atoms with Crippen LogP contribution in [0.1, 0.15) is 17.0 Å². The van der Waals surface area contributed by atoms with E-state index in [1.165, 1.54) is 0 Å². The summed E-state index contributed by atoms with van der Waals surface area (Å²) in [6, 6.07) is 18.6. The normalized spacial score (nSPS) is 12.9. The summed E-state index contributed by atoms with van der Waals surface area (Å²) in [5.41, 5.74) is 1.89. The Kier molecular flexibility index (Phi) is 6.39. The van der Waals surface area contributed by atoms with Crippen LogP contribution >= 0.6 is 0 Å². The van der Waals surface area contributed by atoms with Gasteiger partial charge in [-0.3, -0.25) is 0 Å². The van der Waals surface area contributed by atoms with Crippen molar-refractivity contribution in [1.82, 2.24) is 5.32 Å². The minimum absolute atomic E-state index is 0.189. The van der Waals surface area contributed by atoms with Gasteiger partial charge in [0.25, 0.3) is 0 Å². The molecule has 0 saturated carbocycles. The summed E-state index contributed by atoms with van der Waals surface area (Å²) in [6.07, 6.45) is 1.16. The Morgan fingerprint density at radius 3 is 2.30 bits per heavy atom. The van der Waals surface area contributed by atoms with Crippen LogP contribution in [0, 0.1) is 0 Å². The van der Waals surface area contributed by atoms with Crippen LogP contribution in [0.25, 0.3) is 0 Å². The second-order valence-corrected chi connectivity index (χ2v) is 5.17. The summed E-state index contributed by atoms with van der Waals surface area (Å²) in [5.74, 6) is -0.189. The molecule has 2 atom stereocenters. The quantitative estimate of drug-likeness (QED) is 0.772. The number of amides is 1. The Morgan fingerprint density at radius 2 is 1.74 bits per heavy atom. The number of ether oxygens (including phenoxy) is 1. The summed E-state index contributed by atoms with van der Waals surface area (Å²) in [5, 5.41) is 12.3. The van der Waals surface area contributed by atoms with E-state index in [4.69, 9.17) is 4.74 Å². The molecule has 0 aliphatic rings. The van der Waals surface area contributed by atoms with E-state index in [-0.39, 0.29) is 19.1 Å². The third-order valence-corrected chi connectivity index (χ3v) is 3.58. The van der Waals surface area contributed by atoms with Crippen LogP contribution in [0.4, 0.5) is 4.79 Å². The van der Waals surface area contributed by atoms with Crippen molar-refractivity contribution in [2.45, 2.75) is 18.6 Å². The summed E-state index contributed by atoms with van der Waals surface area (Å²) in [6.45, 7) is 3.79. The van der Waals surface area contributed by atoms with Crippen LogP contribution in [0.15, 0.2) is 73.3 Å². The molecule has 0 aromatic heterocycles. The van der Waals surface area contributed by atoms with Gasteiger partial charge in [0.05, 0.1) is 12.6 Å². The van der Waals surface area contributed by atoms with Gasteiger partial charge in [-0.1, -0.05) is 66.7 Å². The number of benzene rings is 2. The van der Waals surface area contributed by atoms with E-state index < -0.39 is 12.1 Å². The van der Waals surface area contributed by atoms with Crippen molar-refractivity contribution in [2.24, 2.45) is 0 Å². The van der Waals surface area contributed by atoms with Crippen molar-refractivity contribution in [3.8, 4) is 0 Å². The molecule has 2 N–H and O–H groups in total. The van der Waals surface area contributed by atoms with Gasteiger partial charge >= 0.3 is 6.09 Å². The molecule has 0 radical (unpaired) electrons. The maximum absolute atomic E-state index is 12.0. The van der Waals surface area contributed by atoms with Crippen molar-refractivity contribution in [3.63, 3.8) is 0 Å². The maximum Gasteiger partial charge on any atom is 0.407 e. The van der Waals surface area contributed by atoms with E-state index in [2.05, 4.69) is 11.9 Å². The first-order chi connectivity index (χ1) is 11.2. The van der Waals surface area contributed by atoms with E-state index in [0.717, 1.165) is 11.1 Å². The van der Waals surface area contributed by atoms with Gasteiger partial charge in [-0.15, -0.1) is 6.58 Å². The molecule has 120 valence electrons. The minimum Gasteiger partial charge on any atom is -0.445 e. The van der Waals surface area contributed by atoms with Crippen LogP contribution in [0.5, 0.6) is 0 Å². The van der Waals surface area contributed by atoms with E-state index in [1.807, 2.05) is 60.7 Å². The zero-order chi connectivity index (χ0) is 16.5. The van der Waals surface area contributed by atoms with Crippen LogP contribution < -0.4 is 5.32 Å². The van der Waals surface area contributed by atoms with Gasteiger partial charge in [0, 0.05) is 5.92 Å². The van der Waals surface area contributed by atoms with Crippen molar-refractivity contribution in [2.75, 3.05) is 6.61 Å². The molecule has 23 heavy (non-hydrogen) atoms. The molecule has 0 heterocycles. The van der Waals surface area contributed by atoms with Gasteiger partial charge in [-0.05, 0) is 11.1 Å². The van der Waals surface area contributed by atoms with Crippen molar-refractivity contribution >= 4 is 6.09 Å². The lowest BCUT2D eigenvalue weighted by molar-refractivity contribution is 0.127. The first kappa shape index (κ1) is 16.8. The molecule has 4 nitrogen and oxygen atoms in total. The van der Waals surface area contributed by atoms with Gasteiger partial charge in [-0.2, -0.15) is 0 Å². The molecule has 0 fully saturated rings. The summed E-state index contributed by atoms with van der Waals surface area (Å²) < 4.78 is 5.20. The lowest BCUT2D eigenvalue weighted by Crippen LogP contribution is -2.41. The highest BCUT2D eigenvalue weighted by Gasteiger charge is 2.22. The molecule has 0 aliphatic heterocycles. The zero-order valence-corrected chi connectivity index (χ0v) is 12.9. The molecular weight excluding hydrogens is 290 g/mol. The summed E-state index contributed by atoms with van der Waals surface area (Å²) in [7, 11) is 0. The van der Waals surface area contributed by atoms with Gasteiger partial charge < -0.3 is 15.2 Å². The molecule has 0 unspecified atom stereocenters. The largest absolute Gasteiger partial charge is 0.445 e. The number of aliphatic hydroxyl groups excluding tert-OH is 1. The highest BCUT2D eigenvalue weighted by Crippen LogP contribution is 2.20. The molecule has 0 bridgehead atoms. The highest BCUT2D eigenvalue weighted by atomic mass is 16.5. The maximum atomic E-state index is 12.0. The Labute approximate surface area is 136 Å². The SMILES string of the molecule is C=C[C@H](c1ccccc1)[C@@H](CO)NC(=O)OCc1ccccc1. The first-order valence-electron chi connectivity index (χ1n) is 7.50. The van der Waals surface area contributed by atoms with E-state index in [0.29, 0.717) is 0 Å². The smallest absolute Gasteiger partial charge is 0.407 e.